The van der Waals surface area contributed by atoms with Crippen molar-refractivity contribution in [2.75, 3.05) is 37.1 Å². The lowest BCUT2D eigenvalue weighted by molar-refractivity contribution is -0.114. The summed E-state index contributed by atoms with van der Waals surface area (Å²) in [5.41, 5.74) is 6.41. The van der Waals surface area contributed by atoms with Gasteiger partial charge in [0.2, 0.25) is 0 Å². The third kappa shape index (κ3) is 8.17. The van der Waals surface area contributed by atoms with E-state index in [1.165, 1.54) is 6.07 Å². The molecule has 0 saturated heterocycles. The van der Waals surface area contributed by atoms with Crippen molar-refractivity contribution >= 4 is 40.3 Å². The summed E-state index contributed by atoms with van der Waals surface area (Å²) in [6, 6.07) is 16.1. The van der Waals surface area contributed by atoms with Gasteiger partial charge in [0.1, 0.15) is 11.5 Å². The summed E-state index contributed by atoms with van der Waals surface area (Å²) >= 11 is 0. The Balaban J connectivity index is 1.79. The molecule has 0 bridgehead atoms. The zero-order valence-corrected chi connectivity index (χ0v) is 23.2. The van der Waals surface area contributed by atoms with Crippen LogP contribution in [-0.4, -0.2) is 36.9 Å². The van der Waals surface area contributed by atoms with Gasteiger partial charge in [-0.05, 0) is 73.5 Å². The van der Waals surface area contributed by atoms with Crippen LogP contribution in [0.4, 0.5) is 27.1 Å². The molecule has 0 radical (unpaired) electrons. The topological polar surface area (TPSA) is 69.3 Å². The van der Waals surface area contributed by atoms with E-state index in [1.807, 2.05) is 75.5 Å². The number of nitrogens with one attached hydrogen (secondary N) is 3. The van der Waals surface area contributed by atoms with Crippen LogP contribution < -0.4 is 16.0 Å². The average molecular weight is 526 g/mol. The molecule has 0 fully saturated rings. The second-order valence-corrected chi connectivity index (χ2v) is 9.18. The van der Waals surface area contributed by atoms with Crippen LogP contribution in [0.3, 0.4) is 0 Å². The summed E-state index contributed by atoms with van der Waals surface area (Å²) in [5.74, 6) is -0.908. The van der Waals surface area contributed by atoms with Gasteiger partial charge in [-0.15, -0.1) is 0 Å². The number of likely N-dealkylation sites (N-methyl/N-ethyl adjacent to an activating group) is 1. The van der Waals surface area contributed by atoms with E-state index in [0.717, 1.165) is 40.2 Å². The first kappa shape index (κ1) is 28.9. The Hall–Kier alpha value is -4.65. The molecule has 1 aromatic heterocycles. The summed E-state index contributed by atoms with van der Waals surface area (Å²) in [4.78, 5) is 19.0. The third-order valence-corrected chi connectivity index (χ3v) is 5.89. The molecule has 3 rings (SSSR count). The molecule has 0 aliphatic rings. The predicted molar refractivity (Wildman–Crippen MR) is 162 cm³/mol. The second kappa shape index (κ2) is 13.8. The number of allylic oxidation sites excluding steroid dienone is 5. The van der Waals surface area contributed by atoms with E-state index in [9.17, 15) is 9.18 Å². The van der Waals surface area contributed by atoms with E-state index in [4.69, 9.17) is 0 Å². The SMILES string of the molecule is C=C(/C=C/c1ccccn1)c1ccc(Nc2ccc(F)c(NC(=O)/C(=C/C(C)=C/CC)N(C)C)c2)cc1NC. The number of benzene rings is 2. The zero-order chi connectivity index (χ0) is 28.4. The normalized spacial score (nSPS) is 11.8. The molecule has 7 heteroatoms. The quantitative estimate of drug-likeness (QED) is 0.179. The number of nitrogens with zero attached hydrogens (tertiary/aromatic N) is 2. The summed E-state index contributed by atoms with van der Waals surface area (Å²) in [5, 5.41) is 9.22. The number of amides is 1. The molecule has 3 aromatic rings. The Bertz CT molecular complexity index is 1410. The van der Waals surface area contributed by atoms with Gasteiger partial charge in [-0.2, -0.15) is 0 Å². The first-order valence-corrected chi connectivity index (χ1v) is 12.8. The molecule has 0 atom stereocenters. The van der Waals surface area contributed by atoms with Gasteiger partial charge >= 0.3 is 0 Å². The molecule has 202 valence electrons. The number of hydrogen-bond acceptors (Lipinski definition) is 5. The molecule has 0 aliphatic carbocycles. The molecular weight excluding hydrogens is 489 g/mol. The monoisotopic (exact) mass is 525 g/mol. The largest absolute Gasteiger partial charge is 0.388 e. The van der Waals surface area contributed by atoms with Crippen molar-refractivity contribution in [3.8, 4) is 0 Å². The molecule has 1 heterocycles. The predicted octanol–water partition coefficient (Wildman–Crippen LogP) is 7.47. The van der Waals surface area contributed by atoms with Crippen molar-refractivity contribution in [3.63, 3.8) is 0 Å². The van der Waals surface area contributed by atoms with Crippen LogP contribution in [0.15, 0.2) is 96.9 Å². The van der Waals surface area contributed by atoms with Crippen molar-refractivity contribution in [1.29, 1.82) is 0 Å². The van der Waals surface area contributed by atoms with E-state index in [-0.39, 0.29) is 11.6 Å². The lowest BCUT2D eigenvalue weighted by Crippen LogP contribution is -2.25. The van der Waals surface area contributed by atoms with Crippen LogP contribution in [0.1, 0.15) is 31.5 Å². The molecule has 0 saturated carbocycles. The number of carbonyl (C=O) groups is 1. The van der Waals surface area contributed by atoms with Crippen molar-refractivity contribution in [3.05, 3.63) is 114 Å². The Labute approximate surface area is 230 Å². The van der Waals surface area contributed by atoms with Gasteiger partial charge in [-0.3, -0.25) is 9.78 Å². The maximum atomic E-state index is 14.7. The van der Waals surface area contributed by atoms with Crippen molar-refractivity contribution in [2.24, 2.45) is 0 Å². The molecular formula is C32H36FN5O. The number of pyridine rings is 1. The number of anilines is 4. The Morgan fingerprint density at radius 1 is 1.08 bits per heavy atom. The van der Waals surface area contributed by atoms with Gasteiger partial charge in [-0.25, -0.2) is 4.39 Å². The highest BCUT2D eigenvalue weighted by atomic mass is 19.1. The maximum Gasteiger partial charge on any atom is 0.272 e. The molecule has 3 N–H and O–H groups in total. The minimum Gasteiger partial charge on any atom is -0.388 e. The Morgan fingerprint density at radius 2 is 1.79 bits per heavy atom. The first-order valence-electron chi connectivity index (χ1n) is 12.8. The van der Waals surface area contributed by atoms with Gasteiger partial charge < -0.3 is 20.9 Å². The molecule has 0 aliphatic heterocycles. The Kier molecular flexibility index (Phi) is 10.2. The fourth-order valence-electron chi connectivity index (χ4n) is 3.91. The number of hydrogen-bond donors (Lipinski definition) is 3. The van der Waals surface area contributed by atoms with Crippen molar-refractivity contribution < 1.29 is 9.18 Å². The minimum absolute atomic E-state index is 0.0911. The highest BCUT2D eigenvalue weighted by molar-refractivity contribution is 6.04. The van der Waals surface area contributed by atoms with Gasteiger partial charge in [-0.1, -0.05) is 43.4 Å². The van der Waals surface area contributed by atoms with Crippen LogP contribution in [0.2, 0.25) is 0 Å². The highest BCUT2D eigenvalue weighted by Gasteiger charge is 2.15. The van der Waals surface area contributed by atoms with Crippen molar-refractivity contribution in [1.82, 2.24) is 9.88 Å². The summed E-state index contributed by atoms with van der Waals surface area (Å²) in [6.45, 7) is 8.16. The fourth-order valence-corrected chi connectivity index (χ4v) is 3.91. The van der Waals surface area contributed by atoms with Crippen LogP contribution in [0.5, 0.6) is 0 Å². The van der Waals surface area contributed by atoms with E-state index >= 15 is 0 Å². The first-order chi connectivity index (χ1) is 18.7. The summed E-state index contributed by atoms with van der Waals surface area (Å²) in [6.07, 6.45) is 10.3. The van der Waals surface area contributed by atoms with Crippen molar-refractivity contribution in [2.45, 2.75) is 20.3 Å². The van der Waals surface area contributed by atoms with E-state index < -0.39 is 5.82 Å². The maximum absolute atomic E-state index is 14.7. The lowest BCUT2D eigenvalue weighted by Gasteiger charge is -2.18. The molecule has 6 nitrogen and oxygen atoms in total. The van der Waals surface area contributed by atoms with Gasteiger partial charge in [0.25, 0.3) is 5.91 Å². The third-order valence-electron chi connectivity index (χ3n) is 5.89. The molecule has 0 spiro atoms. The smallest absolute Gasteiger partial charge is 0.272 e. The number of aromatic nitrogens is 1. The van der Waals surface area contributed by atoms with Crippen LogP contribution in [0, 0.1) is 5.82 Å². The molecule has 0 unspecified atom stereocenters. The van der Waals surface area contributed by atoms with Gasteiger partial charge in [0, 0.05) is 50.0 Å². The van der Waals surface area contributed by atoms with E-state index in [2.05, 4.69) is 27.5 Å². The second-order valence-electron chi connectivity index (χ2n) is 9.18. The number of carbonyl (C=O) groups excluding carboxylic acids is 1. The standard InChI is InChI=1S/C32H36FN5O/c1-7-10-22(2)19-31(38(5)6)32(39)37-30-21-26(15-17-28(30)33)36-25-14-16-27(29(20-25)34-4)23(3)12-13-24-11-8-9-18-35-24/h8-21,34,36H,3,7H2,1-2,4-6H3,(H,37,39)/b13-12+,22-10+,31-19-. The highest BCUT2D eigenvalue weighted by Crippen LogP contribution is 2.30. The zero-order valence-electron chi connectivity index (χ0n) is 23.2. The molecule has 39 heavy (non-hydrogen) atoms. The fraction of sp³-hybridized carbons (Fsp3) is 0.188. The molecule has 2 aromatic carbocycles. The summed E-state index contributed by atoms with van der Waals surface area (Å²) < 4.78 is 14.7. The van der Waals surface area contributed by atoms with E-state index in [1.54, 1.807) is 43.4 Å². The van der Waals surface area contributed by atoms with Gasteiger partial charge in [0.15, 0.2) is 0 Å². The minimum atomic E-state index is -0.518. The molecule has 1 amide bonds. The van der Waals surface area contributed by atoms with Crippen LogP contribution >= 0.6 is 0 Å². The van der Waals surface area contributed by atoms with Crippen LogP contribution in [0.25, 0.3) is 11.6 Å². The summed E-state index contributed by atoms with van der Waals surface area (Å²) in [7, 11) is 5.41. The number of rotatable bonds is 11. The van der Waals surface area contributed by atoms with Gasteiger partial charge in [0.05, 0.1) is 11.4 Å². The average Bonchev–Trinajstić information content (AvgIpc) is 2.92. The Morgan fingerprint density at radius 3 is 2.44 bits per heavy atom. The van der Waals surface area contributed by atoms with Crippen LogP contribution in [-0.2, 0) is 4.79 Å². The lowest BCUT2D eigenvalue weighted by atomic mass is 10.0. The number of halogens is 1. The van der Waals surface area contributed by atoms with E-state index in [0.29, 0.717) is 11.4 Å².